The van der Waals surface area contributed by atoms with Crippen molar-refractivity contribution in [1.29, 1.82) is 0 Å². The van der Waals surface area contributed by atoms with Crippen molar-refractivity contribution in [1.82, 2.24) is 0 Å². The van der Waals surface area contributed by atoms with E-state index in [1.807, 2.05) is 6.07 Å². The molecule has 1 aliphatic heterocycles. The molecule has 0 saturated carbocycles. The van der Waals surface area contributed by atoms with Crippen LogP contribution in [0, 0.1) is 0 Å². The molecule has 1 aliphatic carbocycles. The van der Waals surface area contributed by atoms with Gasteiger partial charge in [-0.1, -0.05) is 48.5 Å². The molecule has 0 saturated heterocycles. The topological polar surface area (TPSA) is 32.3 Å². The van der Waals surface area contributed by atoms with Crippen LogP contribution in [-0.4, -0.2) is 5.78 Å². The highest BCUT2D eigenvalue weighted by atomic mass is 32.1. The molecular formula is C24H22N2OS. The number of hydrogen-bond acceptors (Lipinski definition) is 4. The first kappa shape index (κ1) is 17.3. The van der Waals surface area contributed by atoms with E-state index in [4.69, 9.17) is 0 Å². The third-order valence-electron chi connectivity index (χ3n) is 5.55. The molecule has 2 aliphatic rings. The molecule has 0 amide bonds. The van der Waals surface area contributed by atoms with E-state index < -0.39 is 0 Å². The Morgan fingerprint density at radius 3 is 2.61 bits per heavy atom. The number of thiophene rings is 1. The van der Waals surface area contributed by atoms with E-state index in [0.717, 1.165) is 42.0 Å². The van der Waals surface area contributed by atoms with Gasteiger partial charge in [-0.2, -0.15) is 0 Å². The summed E-state index contributed by atoms with van der Waals surface area (Å²) in [5.74, 6) is 0.276. The Morgan fingerprint density at radius 1 is 0.964 bits per heavy atom. The van der Waals surface area contributed by atoms with Crippen LogP contribution < -0.4 is 10.2 Å². The van der Waals surface area contributed by atoms with Gasteiger partial charge in [-0.05, 0) is 42.0 Å². The molecule has 3 aromatic rings. The molecule has 28 heavy (non-hydrogen) atoms. The number of para-hydroxylation sites is 2. The second kappa shape index (κ2) is 7.28. The number of fused-ring (bicyclic) bond motifs is 1. The number of rotatable bonds is 3. The minimum atomic E-state index is -0.0563. The predicted octanol–water partition coefficient (Wildman–Crippen LogP) is 5.93. The Balaban J connectivity index is 1.72. The molecule has 0 spiro atoms. The van der Waals surface area contributed by atoms with Gasteiger partial charge in [0.1, 0.15) is 0 Å². The van der Waals surface area contributed by atoms with Crippen molar-refractivity contribution in [2.45, 2.75) is 31.8 Å². The Bertz CT molecular complexity index is 1020. The summed E-state index contributed by atoms with van der Waals surface area (Å²) < 4.78 is 0. The fourth-order valence-electron chi connectivity index (χ4n) is 4.30. The maximum Gasteiger partial charge on any atom is 0.163 e. The molecule has 0 bridgehead atoms. The maximum absolute atomic E-state index is 13.1. The fourth-order valence-corrected chi connectivity index (χ4v) is 5.14. The number of carbonyl (C=O) groups is 1. The average Bonchev–Trinajstić information content (AvgIpc) is 3.21. The Labute approximate surface area is 169 Å². The zero-order chi connectivity index (χ0) is 18.9. The summed E-state index contributed by atoms with van der Waals surface area (Å²) in [6.45, 7) is 0.756. The third-order valence-corrected chi connectivity index (χ3v) is 6.47. The van der Waals surface area contributed by atoms with E-state index >= 15 is 0 Å². The molecule has 5 rings (SSSR count). The van der Waals surface area contributed by atoms with Crippen LogP contribution in [-0.2, 0) is 11.3 Å². The summed E-state index contributed by atoms with van der Waals surface area (Å²) in [5, 5.41) is 5.73. The van der Waals surface area contributed by atoms with Crippen molar-refractivity contribution in [3.63, 3.8) is 0 Å². The van der Waals surface area contributed by atoms with Gasteiger partial charge in [0, 0.05) is 29.1 Å². The smallest absolute Gasteiger partial charge is 0.163 e. The predicted molar refractivity (Wildman–Crippen MR) is 116 cm³/mol. The summed E-state index contributed by atoms with van der Waals surface area (Å²) in [6.07, 6.45) is 2.48. The summed E-state index contributed by atoms with van der Waals surface area (Å²) in [5.41, 5.74) is 5.51. The van der Waals surface area contributed by atoms with Crippen LogP contribution in [0.15, 0.2) is 83.4 Å². The van der Waals surface area contributed by atoms with E-state index in [1.165, 1.54) is 10.4 Å². The minimum Gasteiger partial charge on any atom is -0.357 e. The van der Waals surface area contributed by atoms with Crippen LogP contribution in [0.4, 0.5) is 11.4 Å². The summed E-state index contributed by atoms with van der Waals surface area (Å²) in [7, 11) is 0. The van der Waals surface area contributed by atoms with Gasteiger partial charge in [0.2, 0.25) is 0 Å². The van der Waals surface area contributed by atoms with Crippen LogP contribution in [0.3, 0.4) is 0 Å². The quantitative estimate of drug-likeness (QED) is 0.606. The number of benzene rings is 2. The van der Waals surface area contributed by atoms with E-state index in [1.54, 1.807) is 11.3 Å². The van der Waals surface area contributed by atoms with Crippen LogP contribution in [0.2, 0.25) is 0 Å². The zero-order valence-electron chi connectivity index (χ0n) is 15.6. The zero-order valence-corrected chi connectivity index (χ0v) is 16.4. The van der Waals surface area contributed by atoms with Crippen molar-refractivity contribution >= 4 is 28.5 Å². The molecule has 2 aromatic carbocycles. The van der Waals surface area contributed by atoms with Gasteiger partial charge in [0.05, 0.1) is 17.4 Å². The van der Waals surface area contributed by atoms with Crippen LogP contribution in [0.5, 0.6) is 0 Å². The van der Waals surface area contributed by atoms with Gasteiger partial charge in [-0.3, -0.25) is 4.79 Å². The number of carbonyl (C=O) groups excluding carboxylic acids is 1. The van der Waals surface area contributed by atoms with Crippen molar-refractivity contribution in [2.75, 3.05) is 10.2 Å². The summed E-state index contributed by atoms with van der Waals surface area (Å²) >= 11 is 1.73. The first-order chi connectivity index (χ1) is 13.8. The highest BCUT2D eigenvalue weighted by molar-refractivity contribution is 7.10. The Kier molecular flexibility index (Phi) is 4.49. The highest BCUT2D eigenvalue weighted by Gasteiger charge is 2.37. The number of ketones is 1. The van der Waals surface area contributed by atoms with Crippen LogP contribution in [0.1, 0.15) is 35.7 Å². The van der Waals surface area contributed by atoms with E-state index in [2.05, 4.69) is 76.3 Å². The third kappa shape index (κ3) is 3.04. The molecule has 0 radical (unpaired) electrons. The SMILES string of the molecule is O=C1CCCC2=C1[C@@H](c1cccs1)N(Cc1ccccc1)c1ccccc1N2. The first-order valence-electron chi connectivity index (χ1n) is 9.77. The van der Waals surface area contributed by atoms with Gasteiger partial charge in [0.15, 0.2) is 5.78 Å². The second-order valence-electron chi connectivity index (χ2n) is 7.34. The number of hydrogen-bond donors (Lipinski definition) is 1. The van der Waals surface area contributed by atoms with Gasteiger partial charge in [0.25, 0.3) is 0 Å². The maximum atomic E-state index is 13.1. The second-order valence-corrected chi connectivity index (χ2v) is 8.32. The van der Waals surface area contributed by atoms with Crippen molar-refractivity contribution in [2.24, 2.45) is 0 Å². The van der Waals surface area contributed by atoms with Crippen LogP contribution >= 0.6 is 11.3 Å². The Hall–Kier alpha value is -2.85. The number of allylic oxidation sites excluding steroid dienone is 1. The van der Waals surface area contributed by atoms with E-state index in [0.29, 0.717) is 6.42 Å². The highest BCUT2D eigenvalue weighted by Crippen LogP contribution is 2.46. The molecule has 0 unspecified atom stereocenters. The molecule has 4 heteroatoms. The molecule has 0 fully saturated rings. The fraction of sp³-hybridized carbons (Fsp3) is 0.208. The van der Waals surface area contributed by atoms with E-state index in [9.17, 15) is 4.79 Å². The number of nitrogens with one attached hydrogen (secondary N) is 1. The monoisotopic (exact) mass is 386 g/mol. The number of Topliss-reactive ketones (excluding diaryl/α,β-unsaturated/α-hetero) is 1. The molecule has 3 nitrogen and oxygen atoms in total. The van der Waals surface area contributed by atoms with Crippen LogP contribution in [0.25, 0.3) is 0 Å². The normalized spacial score (nSPS) is 18.9. The van der Waals surface area contributed by atoms with Gasteiger partial charge in [-0.25, -0.2) is 0 Å². The van der Waals surface area contributed by atoms with E-state index in [-0.39, 0.29) is 11.8 Å². The average molecular weight is 387 g/mol. The lowest BCUT2D eigenvalue weighted by Crippen LogP contribution is -2.32. The largest absolute Gasteiger partial charge is 0.357 e. The molecular weight excluding hydrogens is 364 g/mol. The number of nitrogens with zero attached hydrogens (tertiary/aromatic N) is 1. The summed E-state index contributed by atoms with van der Waals surface area (Å²) in [4.78, 5) is 16.7. The van der Waals surface area contributed by atoms with Gasteiger partial charge >= 0.3 is 0 Å². The van der Waals surface area contributed by atoms with Crippen molar-refractivity contribution in [3.05, 3.63) is 93.8 Å². The molecule has 1 aromatic heterocycles. The lowest BCUT2D eigenvalue weighted by Gasteiger charge is -2.34. The van der Waals surface area contributed by atoms with Gasteiger partial charge < -0.3 is 10.2 Å². The Morgan fingerprint density at radius 2 is 1.79 bits per heavy atom. The summed E-state index contributed by atoms with van der Waals surface area (Å²) in [6, 6.07) is 23.1. The molecule has 1 atom stereocenters. The molecule has 1 N–H and O–H groups in total. The molecule has 2 heterocycles. The minimum absolute atomic E-state index is 0.0563. The lowest BCUT2D eigenvalue weighted by molar-refractivity contribution is -0.116. The lowest BCUT2D eigenvalue weighted by atomic mass is 9.88. The molecule has 140 valence electrons. The van der Waals surface area contributed by atoms with Gasteiger partial charge in [-0.15, -0.1) is 11.3 Å². The first-order valence-corrected chi connectivity index (χ1v) is 10.7. The standard InChI is InChI=1S/C24H22N2OS/c27-21-13-6-11-19-23(21)24(22-14-7-15-28-22)26(16-17-8-2-1-3-9-17)20-12-5-4-10-18(20)25-19/h1-5,7-10,12,14-15,24-25H,6,11,13,16H2/t24-/m1/s1. The van der Waals surface area contributed by atoms with Crippen molar-refractivity contribution in [3.8, 4) is 0 Å². The number of anilines is 2. The van der Waals surface area contributed by atoms with Crippen molar-refractivity contribution < 1.29 is 4.79 Å².